The molecule has 0 bridgehead atoms. The van der Waals surface area contributed by atoms with Crippen molar-refractivity contribution in [3.05, 3.63) is 22.4 Å². The quantitative estimate of drug-likeness (QED) is 0.783. The lowest BCUT2D eigenvalue weighted by Crippen LogP contribution is -2.21. The number of anilines is 1. The van der Waals surface area contributed by atoms with Crippen LogP contribution in [0.5, 0.6) is 0 Å². The maximum absolute atomic E-state index is 12.2. The Balaban J connectivity index is 2.43. The van der Waals surface area contributed by atoms with E-state index in [1.165, 1.54) is 6.33 Å². The highest BCUT2D eigenvalue weighted by molar-refractivity contribution is 5.77. The summed E-state index contributed by atoms with van der Waals surface area (Å²) in [5.41, 5.74) is 1.77. The van der Waals surface area contributed by atoms with Gasteiger partial charge in [-0.2, -0.15) is 0 Å². The predicted molar refractivity (Wildman–Crippen MR) is 64.2 cm³/mol. The van der Waals surface area contributed by atoms with E-state index < -0.39 is 0 Å². The number of aromatic nitrogens is 4. The minimum Gasteiger partial charge on any atom is -0.354 e. The second-order valence-corrected chi connectivity index (χ2v) is 4.43. The zero-order valence-electron chi connectivity index (χ0n) is 9.77. The van der Waals surface area contributed by atoms with E-state index in [0.717, 1.165) is 12.2 Å². The molecule has 3 heterocycles. The molecule has 1 aliphatic heterocycles. The van der Waals surface area contributed by atoms with E-state index in [9.17, 15) is 4.79 Å². The first-order valence-electron chi connectivity index (χ1n) is 5.68. The fraction of sp³-hybridized carbons (Fsp3) is 0.455. The number of fused-ring (bicyclic) bond motifs is 2. The molecule has 0 fully saturated rings. The Bertz CT molecular complexity index is 646. The Hall–Kier alpha value is -1.98. The van der Waals surface area contributed by atoms with E-state index in [1.807, 2.05) is 13.8 Å². The highest BCUT2D eigenvalue weighted by Gasteiger charge is 2.19. The van der Waals surface area contributed by atoms with Gasteiger partial charge in [-0.3, -0.25) is 9.36 Å². The molecule has 0 radical (unpaired) electrons. The lowest BCUT2D eigenvalue weighted by molar-refractivity contribution is 0.763. The van der Waals surface area contributed by atoms with Crippen molar-refractivity contribution in [2.24, 2.45) is 0 Å². The van der Waals surface area contributed by atoms with Gasteiger partial charge in [0, 0.05) is 13.1 Å². The topological polar surface area (TPSA) is 72.7 Å². The Morgan fingerprint density at radius 2 is 2.18 bits per heavy atom. The SMILES string of the molecule is CC(C)c1ncnc2c(=O)n3c(nc12)NCC3. The fourth-order valence-corrected chi connectivity index (χ4v) is 2.09. The van der Waals surface area contributed by atoms with E-state index in [-0.39, 0.29) is 11.5 Å². The Morgan fingerprint density at radius 1 is 1.35 bits per heavy atom. The number of rotatable bonds is 1. The van der Waals surface area contributed by atoms with Crippen LogP contribution in [0.3, 0.4) is 0 Å². The van der Waals surface area contributed by atoms with Crippen LogP contribution in [0.15, 0.2) is 11.1 Å². The smallest absolute Gasteiger partial charge is 0.281 e. The maximum Gasteiger partial charge on any atom is 0.281 e. The van der Waals surface area contributed by atoms with Gasteiger partial charge in [-0.25, -0.2) is 15.0 Å². The summed E-state index contributed by atoms with van der Waals surface area (Å²) in [7, 11) is 0. The number of nitrogens with zero attached hydrogens (tertiary/aromatic N) is 4. The van der Waals surface area contributed by atoms with Crippen molar-refractivity contribution >= 4 is 17.0 Å². The van der Waals surface area contributed by atoms with Crippen LogP contribution in [-0.4, -0.2) is 26.1 Å². The summed E-state index contributed by atoms with van der Waals surface area (Å²) in [5.74, 6) is 0.844. The monoisotopic (exact) mass is 231 g/mol. The van der Waals surface area contributed by atoms with Gasteiger partial charge in [0.2, 0.25) is 5.95 Å². The summed E-state index contributed by atoms with van der Waals surface area (Å²) < 4.78 is 1.62. The molecular formula is C11H13N5O. The van der Waals surface area contributed by atoms with Gasteiger partial charge in [-0.15, -0.1) is 0 Å². The third-order valence-electron chi connectivity index (χ3n) is 2.94. The van der Waals surface area contributed by atoms with Gasteiger partial charge >= 0.3 is 0 Å². The molecule has 0 unspecified atom stereocenters. The molecule has 0 saturated heterocycles. The van der Waals surface area contributed by atoms with Crippen LogP contribution < -0.4 is 10.9 Å². The zero-order chi connectivity index (χ0) is 12.0. The van der Waals surface area contributed by atoms with Crippen molar-refractivity contribution in [3.63, 3.8) is 0 Å². The fourth-order valence-electron chi connectivity index (χ4n) is 2.09. The minimum atomic E-state index is -0.0840. The van der Waals surface area contributed by atoms with Crippen molar-refractivity contribution in [2.45, 2.75) is 26.3 Å². The standard InChI is InChI=1S/C11H13N5O/c1-6(2)7-8-9(14-5-13-7)10(17)16-4-3-12-11(16)15-8/h5-6H,3-4H2,1-2H3,(H,12,15). The maximum atomic E-state index is 12.2. The van der Waals surface area contributed by atoms with Gasteiger partial charge in [0.05, 0.1) is 5.69 Å². The first kappa shape index (κ1) is 10.2. The van der Waals surface area contributed by atoms with Crippen LogP contribution in [0.1, 0.15) is 25.5 Å². The Labute approximate surface area is 97.7 Å². The summed E-state index contributed by atoms with van der Waals surface area (Å²) >= 11 is 0. The molecular weight excluding hydrogens is 218 g/mol. The number of hydrogen-bond donors (Lipinski definition) is 1. The molecule has 3 rings (SSSR count). The van der Waals surface area contributed by atoms with Crippen LogP contribution in [0.2, 0.25) is 0 Å². The van der Waals surface area contributed by atoms with Crippen LogP contribution in [-0.2, 0) is 6.54 Å². The first-order chi connectivity index (χ1) is 8.18. The second-order valence-electron chi connectivity index (χ2n) is 4.43. The average molecular weight is 231 g/mol. The Morgan fingerprint density at radius 3 is 2.94 bits per heavy atom. The predicted octanol–water partition coefficient (Wildman–Crippen LogP) is 0.735. The van der Waals surface area contributed by atoms with Gasteiger partial charge in [0.15, 0.2) is 5.52 Å². The summed E-state index contributed by atoms with van der Waals surface area (Å²) in [6.45, 7) is 5.45. The Kier molecular flexibility index (Phi) is 2.10. The molecule has 0 saturated carbocycles. The molecule has 2 aromatic rings. The van der Waals surface area contributed by atoms with Gasteiger partial charge < -0.3 is 5.32 Å². The van der Waals surface area contributed by atoms with Crippen molar-refractivity contribution in [1.29, 1.82) is 0 Å². The molecule has 17 heavy (non-hydrogen) atoms. The van der Waals surface area contributed by atoms with Crippen LogP contribution in [0.25, 0.3) is 11.0 Å². The highest BCUT2D eigenvalue weighted by Crippen LogP contribution is 2.20. The van der Waals surface area contributed by atoms with Crippen molar-refractivity contribution in [1.82, 2.24) is 19.5 Å². The van der Waals surface area contributed by atoms with Crippen molar-refractivity contribution < 1.29 is 0 Å². The zero-order valence-corrected chi connectivity index (χ0v) is 9.77. The van der Waals surface area contributed by atoms with Gasteiger partial charge in [0.25, 0.3) is 5.56 Å². The molecule has 0 spiro atoms. The molecule has 0 aromatic carbocycles. The average Bonchev–Trinajstić information content (AvgIpc) is 2.77. The third-order valence-corrected chi connectivity index (χ3v) is 2.94. The number of nitrogens with one attached hydrogen (secondary N) is 1. The van der Waals surface area contributed by atoms with E-state index >= 15 is 0 Å². The molecule has 0 atom stereocenters. The van der Waals surface area contributed by atoms with Crippen LogP contribution >= 0.6 is 0 Å². The highest BCUT2D eigenvalue weighted by atomic mass is 16.1. The third kappa shape index (κ3) is 1.40. The van der Waals surface area contributed by atoms with Gasteiger partial charge in [-0.1, -0.05) is 13.8 Å². The first-order valence-corrected chi connectivity index (χ1v) is 5.68. The summed E-state index contributed by atoms with van der Waals surface area (Å²) in [5, 5.41) is 3.10. The lowest BCUT2D eigenvalue weighted by atomic mass is 10.1. The van der Waals surface area contributed by atoms with Crippen molar-refractivity contribution in [2.75, 3.05) is 11.9 Å². The molecule has 0 amide bonds. The largest absolute Gasteiger partial charge is 0.354 e. The number of hydrogen-bond acceptors (Lipinski definition) is 5. The molecule has 1 N–H and O–H groups in total. The summed E-state index contributed by atoms with van der Waals surface area (Å²) in [4.78, 5) is 24.9. The summed E-state index contributed by atoms with van der Waals surface area (Å²) in [6.07, 6.45) is 1.44. The van der Waals surface area contributed by atoms with Gasteiger partial charge in [0.1, 0.15) is 11.8 Å². The van der Waals surface area contributed by atoms with E-state index in [4.69, 9.17) is 0 Å². The lowest BCUT2D eigenvalue weighted by Gasteiger charge is -2.08. The van der Waals surface area contributed by atoms with Crippen LogP contribution in [0.4, 0.5) is 5.95 Å². The molecule has 1 aliphatic rings. The summed E-state index contributed by atoms with van der Waals surface area (Å²) in [6, 6.07) is 0. The molecule has 2 aromatic heterocycles. The van der Waals surface area contributed by atoms with E-state index in [2.05, 4.69) is 20.3 Å². The van der Waals surface area contributed by atoms with Crippen molar-refractivity contribution in [3.8, 4) is 0 Å². The molecule has 0 aliphatic carbocycles. The normalized spacial score (nSPS) is 14.1. The molecule has 6 heteroatoms. The van der Waals surface area contributed by atoms with Crippen LogP contribution in [0, 0.1) is 0 Å². The molecule has 6 nitrogen and oxygen atoms in total. The minimum absolute atomic E-state index is 0.0840. The van der Waals surface area contributed by atoms with E-state index in [0.29, 0.717) is 23.5 Å². The van der Waals surface area contributed by atoms with E-state index in [1.54, 1.807) is 4.57 Å². The van der Waals surface area contributed by atoms with Gasteiger partial charge in [-0.05, 0) is 5.92 Å². The molecule has 88 valence electrons. The second kappa shape index (κ2) is 3.51.